The lowest BCUT2D eigenvalue weighted by Crippen LogP contribution is -2.19. The van der Waals surface area contributed by atoms with Crippen LogP contribution in [0.5, 0.6) is 0 Å². The molecule has 1 fully saturated rings. The van der Waals surface area contributed by atoms with Gasteiger partial charge in [-0.3, -0.25) is 4.79 Å². The van der Waals surface area contributed by atoms with Gasteiger partial charge >= 0.3 is 0 Å². The van der Waals surface area contributed by atoms with Crippen molar-refractivity contribution in [1.82, 2.24) is 0 Å². The summed E-state index contributed by atoms with van der Waals surface area (Å²) in [4.78, 5) is 10.6. The predicted molar refractivity (Wildman–Crippen MR) is 51.7 cm³/mol. The Kier molecular flexibility index (Phi) is 4.38. The van der Waals surface area contributed by atoms with Crippen LogP contribution in [0.1, 0.15) is 38.5 Å². The van der Waals surface area contributed by atoms with Gasteiger partial charge in [-0.05, 0) is 12.8 Å². The fourth-order valence-corrected chi connectivity index (χ4v) is 2.10. The van der Waals surface area contributed by atoms with Gasteiger partial charge in [-0.25, -0.2) is 0 Å². The third-order valence-electron chi connectivity index (χ3n) is 2.47. The van der Waals surface area contributed by atoms with E-state index in [0.29, 0.717) is 0 Å². The van der Waals surface area contributed by atoms with Crippen molar-refractivity contribution < 1.29 is 4.79 Å². The van der Waals surface area contributed by atoms with Crippen molar-refractivity contribution in [3.63, 3.8) is 0 Å². The number of ketones is 1. The van der Waals surface area contributed by atoms with Gasteiger partial charge in [-0.15, -0.1) is 0 Å². The van der Waals surface area contributed by atoms with E-state index in [1.165, 1.54) is 12.8 Å². The van der Waals surface area contributed by atoms with Crippen LogP contribution in [0.15, 0.2) is 0 Å². The van der Waals surface area contributed by atoms with Gasteiger partial charge in [0.2, 0.25) is 0 Å². The van der Waals surface area contributed by atoms with E-state index < -0.39 is 4.84 Å². The van der Waals surface area contributed by atoms with Crippen LogP contribution in [0.3, 0.4) is 0 Å². The predicted octanol–water partition coefficient (Wildman–Crippen LogP) is 3.33. The molecule has 12 heavy (non-hydrogen) atoms. The zero-order valence-electron chi connectivity index (χ0n) is 7.06. The first kappa shape index (κ1) is 10.3. The van der Waals surface area contributed by atoms with E-state index in [1.54, 1.807) is 0 Å². The maximum atomic E-state index is 11.4. The third-order valence-corrected chi connectivity index (χ3v) is 2.90. The summed E-state index contributed by atoms with van der Waals surface area (Å²) in [6.45, 7) is 0. The number of carbonyl (C=O) groups excluding carboxylic acids is 1. The quantitative estimate of drug-likeness (QED) is 0.503. The van der Waals surface area contributed by atoms with E-state index in [4.69, 9.17) is 23.2 Å². The average Bonchev–Trinajstić information content (AvgIpc) is 2.30. The Bertz CT molecular complexity index is 149. The minimum atomic E-state index is -0.812. The fourth-order valence-electron chi connectivity index (χ4n) is 1.74. The van der Waals surface area contributed by atoms with Crippen LogP contribution in [0.2, 0.25) is 0 Å². The molecule has 0 bridgehead atoms. The maximum Gasteiger partial charge on any atom is 0.168 e. The standard InChI is InChI=1S/C9H14Cl2O/c10-9(11)8(12)7-5-3-1-2-4-6-7/h7,9H,1-6H2. The molecule has 0 atom stereocenters. The molecule has 1 rings (SSSR count). The van der Waals surface area contributed by atoms with E-state index >= 15 is 0 Å². The molecule has 0 amide bonds. The van der Waals surface area contributed by atoms with Crippen LogP contribution < -0.4 is 0 Å². The van der Waals surface area contributed by atoms with Gasteiger partial charge < -0.3 is 0 Å². The monoisotopic (exact) mass is 208 g/mol. The lowest BCUT2D eigenvalue weighted by molar-refractivity contribution is -0.121. The zero-order chi connectivity index (χ0) is 8.97. The van der Waals surface area contributed by atoms with Crippen LogP contribution >= 0.6 is 23.2 Å². The van der Waals surface area contributed by atoms with Gasteiger partial charge in [-0.1, -0.05) is 48.9 Å². The SMILES string of the molecule is O=C(C(Cl)Cl)C1CCCCCC1. The van der Waals surface area contributed by atoms with Crippen molar-refractivity contribution in [2.24, 2.45) is 5.92 Å². The van der Waals surface area contributed by atoms with Crippen molar-refractivity contribution >= 4 is 29.0 Å². The molecule has 1 saturated carbocycles. The van der Waals surface area contributed by atoms with E-state index in [-0.39, 0.29) is 11.7 Å². The Hall–Kier alpha value is 0.250. The molecule has 0 N–H and O–H groups in total. The summed E-state index contributed by atoms with van der Waals surface area (Å²) in [6, 6.07) is 0. The molecule has 0 aromatic carbocycles. The number of carbonyl (C=O) groups is 1. The first-order chi connectivity index (χ1) is 5.72. The Morgan fingerprint density at radius 1 is 1.08 bits per heavy atom. The lowest BCUT2D eigenvalue weighted by Gasteiger charge is -2.12. The van der Waals surface area contributed by atoms with Crippen LogP contribution in [0.25, 0.3) is 0 Å². The minimum Gasteiger partial charge on any atom is -0.296 e. The molecule has 0 radical (unpaired) electrons. The Labute approximate surface area is 83.4 Å². The molecule has 0 aromatic rings. The first-order valence-electron chi connectivity index (χ1n) is 4.53. The number of hydrogen-bond acceptors (Lipinski definition) is 1. The van der Waals surface area contributed by atoms with Crippen molar-refractivity contribution in [1.29, 1.82) is 0 Å². The summed E-state index contributed by atoms with van der Waals surface area (Å²) in [7, 11) is 0. The van der Waals surface area contributed by atoms with Crippen LogP contribution in [-0.2, 0) is 4.79 Å². The molecule has 3 heteroatoms. The van der Waals surface area contributed by atoms with Crippen LogP contribution in [0.4, 0.5) is 0 Å². The molecule has 1 aliphatic carbocycles. The van der Waals surface area contributed by atoms with Gasteiger partial charge in [0, 0.05) is 5.92 Å². The molecular formula is C9H14Cl2O. The molecule has 0 unspecified atom stereocenters. The molecule has 1 aliphatic rings. The molecule has 70 valence electrons. The maximum absolute atomic E-state index is 11.4. The summed E-state index contributed by atoms with van der Waals surface area (Å²) in [5.41, 5.74) is 0. The normalized spacial score (nSPS) is 20.9. The van der Waals surface area contributed by atoms with Crippen molar-refractivity contribution in [2.75, 3.05) is 0 Å². The molecule has 1 nitrogen and oxygen atoms in total. The summed E-state index contributed by atoms with van der Waals surface area (Å²) < 4.78 is 0. The number of alkyl halides is 2. The summed E-state index contributed by atoms with van der Waals surface area (Å²) >= 11 is 11.1. The fraction of sp³-hybridized carbons (Fsp3) is 0.889. The van der Waals surface area contributed by atoms with Gasteiger partial charge in [0.25, 0.3) is 0 Å². The molecular weight excluding hydrogens is 195 g/mol. The molecule has 0 saturated heterocycles. The zero-order valence-corrected chi connectivity index (χ0v) is 8.57. The largest absolute Gasteiger partial charge is 0.296 e. The molecule has 0 aliphatic heterocycles. The smallest absolute Gasteiger partial charge is 0.168 e. The highest BCUT2D eigenvalue weighted by molar-refractivity contribution is 6.53. The van der Waals surface area contributed by atoms with Gasteiger partial charge in [-0.2, -0.15) is 0 Å². The highest BCUT2D eigenvalue weighted by atomic mass is 35.5. The number of halogens is 2. The first-order valence-corrected chi connectivity index (χ1v) is 5.41. The highest BCUT2D eigenvalue weighted by Crippen LogP contribution is 2.26. The molecule has 0 heterocycles. The minimum absolute atomic E-state index is 0.0280. The van der Waals surface area contributed by atoms with Crippen molar-refractivity contribution in [3.8, 4) is 0 Å². The summed E-state index contributed by atoms with van der Waals surface area (Å²) in [5.74, 6) is 0.160. The van der Waals surface area contributed by atoms with Gasteiger partial charge in [0.05, 0.1) is 0 Å². The van der Waals surface area contributed by atoms with Crippen molar-refractivity contribution in [2.45, 2.75) is 43.4 Å². The van der Waals surface area contributed by atoms with E-state index in [1.807, 2.05) is 0 Å². The Morgan fingerprint density at radius 3 is 2.00 bits per heavy atom. The third kappa shape index (κ3) is 2.95. The number of Topliss-reactive ketones (excluding diaryl/α,β-unsaturated/α-hetero) is 1. The number of hydrogen-bond donors (Lipinski definition) is 0. The Balaban J connectivity index is 2.43. The van der Waals surface area contributed by atoms with Gasteiger partial charge in [0.15, 0.2) is 10.6 Å². The Morgan fingerprint density at radius 2 is 1.58 bits per heavy atom. The molecule has 0 aromatic heterocycles. The lowest BCUT2D eigenvalue weighted by atomic mass is 9.96. The average molecular weight is 209 g/mol. The second kappa shape index (κ2) is 5.08. The molecule has 0 spiro atoms. The van der Waals surface area contributed by atoms with Gasteiger partial charge in [0.1, 0.15) is 0 Å². The summed E-state index contributed by atoms with van der Waals surface area (Å²) in [6.07, 6.45) is 6.76. The van der Waals surface area contributed by atoms with Crippen LogP contribution in [-0.4, -0.2) is 10.6 Å². The number of rotatable bonds is 2. The topological polar surface area (TPSA) is 17.1 Å². The second-order valence-corrected chi connectivity index (χ2v) is 4.49. The van der Waals surface area contributed by atoms with Crippen molar-refractivity contribution in [3.05, 3.63) is 0 Å². The van der Waals surface area contributed by atoms with E-state index in [0.717, 1.165) is 25.7 Å². The van der Waals surface area contributed by atoms with E-state index in [2.05, 4.69) is 0 Å². The second-order valence-electron chi connectivity index (χ2n) is 3.39. The summed E-state index contributed by atoms with van der Waals surface area (Å²) in [5, 5.41) is 0. The van der Waals surface area contributed by atoms with E-state index in [9.17, 15) is 4.79 Å². The van der Waals surface area contributed by atoms with Crippen LogP contribution in [0, 0.1) is 5.92 Å². The highest BCUT2D eigenvalue weighted by Gasteiger charge is 2.24.